The van der Waals surface area contributed by atoms with Crippen molar-refractivity contribution in [3.05, 3.63) is 22.4 Å². The van der Waals surface area contributed by atoms with Gasteiger partial charge in [-0.15, -0.1) is 11.3 Å². The fourth-order valence-electron chi connectivity index (χ4n) is 2.40. The predicted octanol–water partition coefficient (Wildman–Crippen LogP) is 0.193. The summed E-state index contributed by atoms with van der Waals surface area (Å²) in [6.45, 7) is 3.23. The van der Waals surface area contributed by atoms with Gasteiger partial charge in [0.1, 0.15) is 0 Å². The van der Waals surface area contributed by atoms with Gasteiger partial charge >= 0.3 is 0 Å². The molecule has 0 aromatic carbocycles. The van der Waals surface area contributed by atoms with Crippen molar-refractivity contribution in [1.29, 1.82) is 0 Å². The zero-order valence-electron chi connectivity index (χ0n) is 8.98. The Labute approximate surface area is 98.6 Å². The molecule has 5 heteroatoms. The Morgan fingerprint density at radius 1 is 1.44 bits per heavy atom. The molecule has 16 heavy (non-hydrogen) atoms. The van der Waals surface area contributed by atoms with Crippen LogP contribution in [0, 0.1) is 0 Å². The zero-order chi connectivity index (χ0) is 11.0. The molecule has 3 rings (SSSR count). The summed E-state index contributed by atoms with van der Waals surface area (Å²) in [5, 5.41) is 8.57. The number of nitrogens with one attached hydrogen (secondary N) is 2. The summed E-state index contributed by atoms with van der Waals surface area (Å²) in [6, 6.07) is 5.10. The van der Waals surface area contributed by atoms with Gasteiger partial charge in [-0.25, -0.2) is 0 Å². The van der Waals surface area contributed by atoms with Crippen LogP contribution in [0.1, 0.15) is 10.9 Å². The van der Waals surface area contributed by atoms with Gasteiger partial charge in [0.25, 0.3) is 0 Å². The topological polar surface area (TPSA) is 44.4 Å². The fourth-order valence-corrected chi connectivity index (χ4v) is 3.20. The van der Waals surface area contributed by atoms with Crippen molar-refractivity contribution in [3.8, 4) is 0 Å². The molecule has 86 valence electrons. The summed E-state index contributed by atoms with van der Waals surface area (Å²) >= 11 is 1.78. The molecule has 0 bridgehead atoms. The first-order chi connectivity index (χ1) is 7.83. The normalized spacial score (nSPS) is 30.9. The molecule has 2 aliphatic rings. The second-order valence-electron chi connectivity index (χ2n) is 4.36. The van der Waals surface area contributed by atoms with Crippen LogP contribution in [-0.2, 0) is 4.79 Å². The first-order valence-electron chi connectivity index (χ1n) is 5.60. The summed E-state index contributed by atoms with van der Waals surface area (Å²) in [5.74, 6) is 0.156. The van der Waals surface area contributed by atoms with Gasteiger partial charge in [0.15, 0.2) is 0 Å². The van der Waals surface area contributed by atoms with E-state index >= 15 is 0 Å². The van der Waals surface area contributed by atoms with E-state index in [0.717, 1.165) is 19.6 Å². The summed E-state index contributed by atoms with van der Waals surface area (Å²) in [4.78, 5) is 15.0. The zero-order valence-corrected chi connectivity index (χ0v) is 9.80. The lowest BCUT2D eigenvalue weighted by Crippen LogP contribution is -2.62. The van der Waals surface area contributed by atoms with Crippen LogP contribution in [0.4, 0.5) is 0 Å². The van der Waals surface area contributed by atoms with Gasteiger partial charge in [-0.3, -0.25) is 9.69 Å². The third kappa shape index (κ3) is 1.86. The van der Waals surface area contributed by atoms with E-state index in [0.29, 0.717) is 18.6 Å². The first-order valence-corrected chi connectivity index (χ1v) is 6.48. The Morgan fingerprint density at radius 3 is 3.19 bits per heavy atom. The number of carbonyl (C=O) groups excluding carboxylic acids is 1. The van der Waals surface area contributed by atoms with Crippen LogP contribution in [0.5, 0.6) is 0 Å². The summed E-state index contributed by atoms with van der Waals surface area (Å²) < 4.78 is 0. The fraction of sp³-hybridized carbons (Fsp3) is 0.545. The van der Waals surface area contributed by atoms with E-state index in [2.05, 4.69) is 33.0 Å². The lowest BCUT2D eigenvalue weighted by Gasteiger charge is -2.42. The van der Waals surface area contributed by atoms with Crippen molar-refractivity contribution in [3.63, 3.8) is 0 Å². The molecule has 0 spiro atoms. The average molecular weight is 237 g/mol. The van der Waals surface area contributed by atoms with Crippen LogP contribution < -0.4 is 10.6 Å². The van der Waals surface area contributed by atoms with Gasteiger partial charge in [-0.05, 0) is 11.4 Å². The third-order valence-electron chi connectivity index (χ3n) is 3.30. The van der Waals surface area contributed by atoms with Gasteiger partial charge in [0.05, 0.1) is 12.6 Å². The highest BCUT2D eigenvalue weighted by Gasteiger charge is 2.33. The number of piperazine rings is 2. The van der Waals surface area contributed by atoms with E-state index in [9.17, 15) is 4.79 Å². The maximum atomic E-state index is 11.3. The molecule has 1 aromatic rings. The van der Waals surface area contributed by atoms with Crippen molar-refractivity contribution in [2.45, 2.75) is 12.1 Å². The minimum absolute atomic E-state index is 0.156. The molecule has 4 nitrogen and oxygen atoms in total. The number of hydrogen-bond donors (Lipinski definition) is 2. The Bertz CT molecular complexity index is 379. The minimum atomic E-state index is 0.156. The van der Waals surface area contributed by atoms with E-state index in [-0.39, 0.29) is 5.91 Å². The maximum absolute atomic E-state index is 11.3. The minimum Gasteiger partial charge on any atom is -0.353 e. The number of rotatable bonds is 1. The van der Waals surface area contributed by atoms with Crippen molar-refractivity contribution in [1.82, 2.24) is 15.5 Å². The van der Waals surface area contributed by atoms with Gasteiger partial charge in [0, 0.05) is 30.6 Å². The third-order valence-corrected chi connectivity index (χ3v) is 4.29. The summed E-state index contributed by atoms with van der Waals surface area (Å²) in [7, 11) is 0. The maximum Gasteiger partial charge on any atom is 0.234 e. The van der Waals surface area contributed by atoms with Crippen molar-refractivity contribution >= 4 is 17.2 Å². The lowest BCUT2D eigenvalue weighted by atomic mass is 10.1. The van der Waals surface area contributed by atoms with Crippen molar-refractivity contribution in [2.75, 3.05) is 26.2 Å². The number of fused-ring (bicyclic) bond motifs is 1. The van der Waals surface area contributed by atoms with Gasteiger partial charge < -0.3 is 10.6 Å². The number of carbonyl (C=O) groups is 1. The van der Waals surface area contributed by atoms with Crippen LogP contribution in [-0.4, -0.2) is 43.0 Å². The molecule has 3 heterocycles. The highest BCUT2D eigenvalue weighted by Crippen LogP contribution is 2.24. The van der Waals surface area contributed by atoms with Gasteiger partial charge in [-0.2, -0.15) is 0 Å². The molecule has 2 N–H and O–H groups in total. The van der Waals surface area contributed by atoms with Crippen molar-refractivity contribution < 1.29 is 4.79 Å². The summed E-state index contributed by atoms with van der Waals surface area (Å²) in [5.41, 5.74) is 0. The molecule has 1 aromatic heterocycles. The van der Waals surface area contributed by atoms with E-state index in [4.69, 9.17) is 0 Å². The van der Waals surface area contributed by atoms with E-state index in [1.807, 2.05) is 0 Å². The molecule has 1 amide bonds. The summed E-state index contributed by atoms with van der Waals surface area (Å²) in [6.07, 6.45) is 0. The number of nitrogens with zero attached hydrogens (tertiary/aromatic N) is 1. The molecule has 2 unspecified atom stereocenters. The van der Waals surface area contributed by atoms with Gasteiger partial charge in [-0.1, -0.05) is 6.07 Å². The Hall–Kier alpha value is -0.910. The second kappa shape index (κ2) is 4.16. The van der Waals surface area contributed by atoms with Gasteiger partial charge in [0.2, 0.25) is 5.91 Å². The highest BCUT2D eigenvalue weighted by molar-refractivity contribution is 7.10. The molecular formula is C11H15N3OS. The standard InChI is InChI=1S/C11H15N3OS/c15-11-7-14-6-9(10-2-1-3-16-10)12-4-8(14)5-13-11/h1-3,8-9,12H,4-7H2,(H,13,15). The molecule has 2 fully saturated rings. The quantitative estimate of drug-likeness (QED) is 0.733. The average Bonchev–Trinajstić information content (AvgIpc) is 2.81. The monoisotopic (exact) mass is 237 g/mol. The first kappa shape index (κ1) is 10.3. The molecule has 0 saturated carbocycles. The number of thiophene rings is 1. The van der Waals surface area contributed by atoms with E-state index in [1.54, 1.807) is 11.3 Å². The molecular weight excluding hydrogens is 222 g/mol. The largest absolute Gasteiger partial charge is 0.353 e. The van der Waals surface area contributed by atoms with Crippen molar-refractivity contribution in [2.24, 2.45) is 0 Å². The van der Waals surface area contributed by atoms with E-state index in [1.165, 1.54) is 4.88 Å². The molecule has 0 aliphatic carbocycles. The number of amides is 1. The molecule has 2 saturated heterocycles. The Kier molecular flexibility index (Phi) is 2.67. The Morgan fingerprint density at radius 2 is 2.38 bits per heavy atom. The van der Waals surface area contributed by atoms with Crippen LogP contribution in [0.3, 0.4) is 0 Å². The molecule has 2 aliphatic heterocycles. The highest BCUT2D eigenvalue weighted by atomic mass is 32.1. The Balaban J connectivity index is 1.71. The van der Waals surface area contributed by atoms with Crippen LogP contribution in [0.2, 0.25) is 0 Å². The molecule has 0 radical (unpaired) electrons. The van der Waals surface area contributed by atoms with Crippen LogP contribution in [0.15, 0.2) is 17.5 Å². The molecule has 2 atom stereocenters. The van der Waals surface area contributed by atoms with Crippen LogP contribution >= 0.6 is 11.3 Å². The SMILES string of the molecule is O=C1CN2CC(c3cccs3)NCC2CN1. The lowest BCUT2D eigenvalue weighted by molar-refractivity contribution is -0.126. The van der Waals surface area contributed by atoms with E-state index < -0.39 is 0 Å². The predicted molar refractivity (Wildman–Crippen MR) is 63.4 cm³/mol. The number of hydrogen-bond acceptors (Lipinski definition) is 4. The smallest absolute Gasteiger partial charge is 0.234 e. The second-order valence-corrected chi connectivity index (χ2v) is 5.34. The van der Waals surface area contributed by atoms with Crippen LogP contribution in [0.25, 0.3) is 0 Å².